The zero-order valence-corrected chi connectivity index (χ0v) is 9.37. The number of ether oxygens (including phenoxy) is 1. The van der Waals surface area contributed by atoms with Gasteiger partial charge in [0.05, 0.1) is 0 Å². The van der Waals surface area contributed by atoms with Gasteiger partial charge in [-0.3, -0.25) is 0 Å². The minimum absolute atomic E-state index is 0.410. The molecule has 0 saturated heterocycles. The Morgan fingerprint density at radius 2 is 1.72 bits per heavy atom. The number of fused-ring (bicyclic) bond motifs is 1. The van der Waals surface area contributed by atoms with Gasteiger partial charge in [-0.05, 0) is 11.5 Å². The molecule has 2 aromatic carbocycles. The Bertz CT molecular complexity index is 623. The number of hydrogen-bond donors (Lipinski definition) is 1. The van der Waals surface area contributed by atoms with Crippen LogP contribution in [0.15, 0.2) is 54.6 Å². The summed E-state index contributed by atoms with van der Waals surface area (Å²) in [6.07, 6.45) is 1.62. The number of hydrogen-bond acceptors (Lipinski definition) is 3. The Morgan fingerprint density at radius 3 is 2.50 bits per heavy atom. The molecule has 0 unspecified atom stereocenters. The summed E-state index contributed by atoms with van der Waals surface area (Å²) in [4.78, 5) is 21.7. The van der Waals surface area contributed by atoms with Crippen molar-refractivity contribution < 1.29 is 19.4 Å². The van der Waals surface area contributed by atoms with Crippen LogP contribution in [0.5, 0.6) is 5.75 Å². The average molecular weight is 242 g/mol. The largest absolute Gasteiger partial charge is 0.478 e. The minimum atomic E-state index is -1.19. The Kier molecular flexibility index (Phi) is 3.38. The van der Waals surface area contributed by atoms with E-state index >= 15 is 0 Å². The second-order valence-corrected chi connectivity index (χ2v) is 3.57. The van der Waals surface area contributed by atoms with Crippen LogP contribution in [-0.4, -0.2) is 17.0 Å². The summed E-state index contributed by atoms with van der Waals surface area (Å²) < 4.78 is 5.09. The van der Waals surface area contributed by atoms with Crippen molar-refractivity contribution in [1.29, 1.82) is 0 Å². The van der Waals surface area contributed by atoms with Gasteiger partial charge in [-0.2, -0.15) is 0 Å². The molecule has 1 N–H and O–H groups in total. The van der Waals surface area contributed by atoms with Gasteiger partial charge in [-0.15, -0.1) is 0 Å². The maximum absolute atomic E-state index is 11.4. The van der Waals surface area contributed by atoms with Crippen LogP contribution in [0.25, 0.3) is 10.8 Å². The predicted octanol–water partition coefficient (Wildman–Crippen LogP) is 2.39. The summed E-state index contributed by atoms with van der Waals surface area (Å²) >= 11 is 0. The van der Waals surface area contributed by atoms with Crippen molar-refractivity contribution >= 4 is 22.7 Å². The lowest BCUT2D eigenvalue weighted by Gasteiger charge is -2.05. The molecule has 90 valence electrons. The molecule has 0 amide bonds. The predicted molar refractivity (Wildman–Crippen MR) is 66.4 cm³/mol. The standard InChI is InChI=1S/C14H10O4/c15-13(16)8-9-14(17)18-12-7-3-5-10-4-1-2-6-11(10)12/h1-9H,(H,15,16). The summed E-state index contributed by atoms with van der Waals surface area (Å²) in [5, 5.41) is 10.2. The number of esters is 1. The van der Waals surface area contributed by atoms with Crippen LogP contribution in [0, 0.1) is 0 Å². The number of carboxylic acid groups (broad SMARTS) is 1. The van der Waals surface area contributed by atoms with E-state index in [2.05, 4.69) is 0 Å². The SMILES string of the molecule is O=C(O)C=CC(=O)Oc1cccc2ccccc12. The molecule has 2 rings (SSSR count). The van der Waals surface area contributed by atoms with Crippen molar-refractivity contribution in [3.05, 3.63) is 54.6 Å². The van der Waals surface area contributed by atoms with Crippen molar-refractivity contribution in [1.82, 2.24) is 0 Å². The molecule has 4 heteroatoms. The topological polar surface area (TPSA) is 63.6 Å². The molecule has 4 nitrogen and oxygen atoms in total. The van der Waals surface area contributed by atoms with Gasteiger partial charge >= 0.3 is 11.9 Å². The van der Waals surface area contributed by atoms with Crippen LogP contribution in [0.1, 0.15) is 0 Å². The Balaban J connectivity index is 2.27. The van der Waals surface area contributed by atoms with Crippen LogP contribution in [0.2, 0.25) is 0 Å². The summed E-state index contributed by atoms with van der Waals surface area (Å²) in [5.74, 6) is -1.49. The van der Waals surface area contributed by atoms with Crippen LogP contribution < -0.4 is 4.74 Å². The summed E-state index contributed by atoms with van der Waals surface area (Å²) in [6.45, 7) is 0. The van der Waals surface area contributed by atoms with Gasteiger partial charge in [0.2, 0.25) is 0 Å². The molecule has 0 saturated carbocycles. The van der Waals surface area contributed by atoms with E-state index in [-0.39, 0.29) is 0 Å². The highest BCUT2D eigenvalue weighted by Crippen LogP contribution is 2.25. The number of carbonyl (C=O) groups excluding carboxylic acids is 1. The lowest BCUT2D eigenvalue weighted by atomic mass is 10.1. The number of rotatable bonds is 3. The first kappa shape index (κ1) is 11.9. The first-order chi connectivity index (χ1) is 8.66. The van der Waals surface area contributed by atoms with Crippen LogP contribution in [0.3, 0.4) is 0 Å². The lowest BCUT2D eigenvalue weighted by Crippen LogP contribution is -2.05. The number of benzene rings is 2. The van der Waals surface area contributed by atoms with Crippen LogP contribution in [-0.2, 0) is 9.59 Å². The monoisotopic (exact) mass is 242 g/mol. The Labute approximate surface area is 103 Å². The Morgan fingerprint density at radius 1 is 1.00 bits per heavy atom. The fourth-order valence-electron chi connectivity index (χ4n) is 1.57. The van der Waals surface area contributed by atoms with Gasteiger partial charge in [-0.25, -0.2) is 9.59 Å². The van der Waals surface area contributed by atoms with E-state index in [0.29, 0.717) is 5.75 Å². The van der Waals surface area contributed by atoms with E-state index in [1.165, 1.54) is 0 Å². The molecule has 18 heavy (non-hydrogen) atoms. The number of carbonyl (C=O) groups is 2. The van der Waals surface area contributed by atoms with E-state index in [1.807, 2.05) is 30.3 Å². The van der Waals surface area contributed by atoms with Crippen LogP contribution in [0.4, 0.5) is 0 Å². The van der Waals surface area contributed by atoms with Gasteiger partial charge in [0, 0.05) is 17.5 Å². The molecule has 0 aromatic heterocycles. The summed E-state index contributed by atoms with van der Waals surface area (Å²) in [6, 6.07) is 12.8. The van der Waals surface area contributed by atoms with E-state index < -0.39 is 11.9 Å². The van der Waals surface area contributed by atoms with E-state index in [1.54, 1.807) is 12.1 Å². The fraction of sp³-hybridized carbons (Fsp3) is 0. The second-order valence-electron chi connectivity index (χ2n) is 3.57. The molecule has 0 fully saturated rings. The lowest BCUT2D eigenvalue weighted by molar-refractivity contribution is -0.133. The second kappa shape index (κ2) is 5.14. The third-order valence-electron chi connectivity index (χ3n) is 2.32. The van der Waals surface area contributed by atoms with Crippen molar-refractivity contribution in [3.63, 3.8) is 0 Å². The fourth-order valence-corrected chi connectivity index (χ4v) is 1.57. The highest BCUT2D eigenvalue weighted by molar-refractivity contribution is 5.95. The molecule has 0 aliphatic heterocycles. The molecule has 0 atom stereocenters. The Hall–Kier alpha value is -2.62. The van der Waals surface area contributed by atoms with Crippen molar-refractivity contribution in [2.45, 2.75) is 0 Å². The van der Waals surface area contributed by atoms with E-state index in [9.17, 15) is 9.59 Å². The first-order valence-electron chi connectivity index (χ1n) is 5.27. The molecule has 0 heterocycles. The smallest absolute Gasteiger partial charge is 0.336 e. The molecule has 0 aliphatic rings. The minimum Gasteiger partial charge on any atom is -0.478 e. The highest BCUT2D eigenvalue weighted by Gasteiger charge is 2.05. The van der Waals surface area contributed by atoms with E-state index in [0.717, 1.165) is 22.9 Å². The van der Waals surface area contributed by atoms with Gasteiger partial charge in [0.1, 0.15) is 5.75 Å². The highest BCUT2D eigenvalue weighted by atomic mass is 16.5. The zero-order chi connectivity index (χ0) is 13.0. The molecule has 0 spiro atoms. The van der Waals surface area contributed by atoms with Gasteiger partial charge < -0.3 is 9.84 Å². The summed E-state index contributed by atoms with van der Waals surface area (Å²) in [5.41, 5.74) is 0. The third-order valence-corrected chi connectivity index (χ3v) is 2.32. The molecule has 2 aromatic rings. The van der Waals surface area contributed by atoms with Crippen molar-refractivity contribution in [2.75, 3.05) is 0 Å². The molecule has 0 radical (unpaired) electrons. The molecular formula is C14H10O4. The average Bonchev–Trinajstić information content (AvgIpc) is 2.37. The van der Waals surface area contributed by atoms with Gasteiger partial charge in [0.25, 0.3) is 0 Å². The van der Waals surface area contributed by atoms with Gasteiger partial charge in [0.15, 0.2) is 0 Å². The first-order valence-corrected chi connectivity index (χ1v) is 5.27. The van der Waals surface area contributed by atoms with Gasteiger partial charge in [-0.1, -0.05) is 36.4 Å². The quantitative estimate of drug-likeness (QED) is 0.510. The summed E-state index contributed by atoms with van der Waals surface area (Å²) in [7, 11) is 0. The molecular weight excluding hydrogens is 232 g/mol. The van der Waals surface area contributed by atoms with Crippen LogP contribution >= 0.6 is 0 Å². The number of aliphatic carboxylic acids is 1. The number of carboxylic acids is 1. The third kappa shape index (κ3) is 2.74. The normalized spacial score (nSPS) is 10.7. The molecule has 0 bridgehead atoms. The van der Waals surface area contributed by atoms with E-state index in [4.69, 9.17) is 9.84 Å². The van der Waals surface area contributed by atoms with Crippen molar-refractivity contribution in [3.8, 4) is 5.75 Å². The zero-order valence-electron chi connectivity index (χ0n) is 9.37. The van der Waals surface area contributed by atoms with Crippen molar-refractivity contribution in [2.24, 2.45) is 0 Å². The molecule has 0 aliphatic carbocycles. The maximum Gasteiger partial charge on any atom is 0.336 e. The maximum atomic E-state index is 11.4.